The van der Waals surface area contributed by atoms with Crippen LogP contribution in [-0.2, 0) is 22.6 Å². The third kappa shape index (κ3) is 5.45. The van der Waals surface area contributed by atoms with Gasteiger partial charge in [-0.2, -0.15) is 0 Å². The number of aryl methyl sites for hydroxylation is 1. The van der Waals surface area contributed by atoms with Crippen molar-refractivity contribution in [3.63, 3.8) is 0 Å². The van der Waals surface area contributed by atoms with Crippen molar-refractivity contribution in [1.29, 1.82) is 0 Å². The maximum atomic E-state index is 12.3. The van der Waals surface area contributed by atoms with Gasteiger partial charge >= 0.3 is 0 Å². The number of rotatable bonds is 8. The molecule has 4 aromatic rings. The number of H-pyrrole nitrogens is 1. The molecule has 0 spiro atoms. The molecule has 0 fully saturated rings. The predicted molar refractivity (Wildman–Crippen MR) is 127 cm³/mol. The zero-order valence-corrected chi connectivity index (χ0v) is 18.9. The Kier molecular flexibility index (Phi) is 6.72. The van der Waals surface area contributed by atoms with Crippen LogP contribution >= 0.6 is 22.7 Å². The molecular formula is C22H21N5O3S2. The quantitative estimate of drug-likeness (QED) is 0.365. The van der Waals surface area contributed by atoms with Gasteiger partial charge in [0.1, 0.15) is 5.82 Å². The molecule has 4 rings (SSSR count). The first kappa shape index (κ1) is 21.8. The first-order chi connectivity index (χ1) is 15.5. The molecular weight excluding hydrogens is 446 g/mol. The van der Waals surface area contributed by atoms with E-state index in [9.17, 15) is 14.4 Å². The van der Waals surface area contributed by atoms with Crippen LogP contribution in [0.5, 0.6) is 0 Å². The molecule has 0 bridgehead atoms. The monoisotopic (exact) mass is 467 g/mol. The summed E-state index contributed by atoms with van der Waals surface area (Å²) in [6.45, 7) is 1.98. The maximum Gasteiger partial charge on any atom is 0.258 e. The average Bonchev–Trinajstić information content (AvgIpc) is 3.42. The van der Waals surface area contributed by atoms with Gasteiger partial charge in [0.05, 0.1) is 28.0 Å². The van der Waals surface area contributed by atoms with E-state index < -0.39 is 0 Å². The number of aromatic nitrogens is 3. The summed E-state index contributed by atoms with van der Waals surface area (Å²) in [5.74, 6) is 0.374. The second-order valence-corrected chi connectivity index (χ2v) is 9.17. The summed E-state index contributed by atoms with van der Waals surface area (Å²) in [5.41, 5.74) is 1.28. The van der Waals surface area contributed by atoms with Crippen LogP contribution < -0.4 is 16.2 Å². The molecule has 164 valence electrons. The van der Waals surface area contributed by atoms with E-state index in [1.807, 2.05) is 23.6 Å². The summed E-state index contributed by atoms with van der Waals surface area (Å²) >= 11 is 2.92. The Morgan fingerprint density at radius 1 is 1.12 bits per heavy atom. The summed E-state index contributed by atoms with van der Waals surface area (Å²) in [6.07, 6.45) is 1.36. The molecule has 0 unspecified atom stereocenters. The molecule has 0 saturated heterocycles. The van der Waals surface area contributed by atoms with Gasteiger partial charge in [0.15, 0.2) is 5.13 Å². The van der Waals surface area contributed by atoms with Crippen molar-refractivity contribution in [2.45, 2.75) is 32.7 Å². The topological polar surface area (TPSA) is 117 Å². The average molecular weight is 468 g/mol. The van der Waals surface area contributed by atoms with E-state index in [0.717, 1.165) is 15.4 Å². The summed E-state index contributed by atoms with van der Waals surface area (Å²) in [5, 5.41) is 8.60. The van der Waals surface area contributed by atoms with Crippen molar-refractivity contribution in [3.05, 3.63) is 62.8 Å². The number of para-hydroxylation sites is 1. The number of aromatic amines is 1. The molecule has 2 amide bonds. The molecule has 32 heavy (non-hydrogen) atoms. The number of anilines is 1. The van der Waals surface area contributed by atoms with Crippen LogP contribution in [0.15, 0.2) is 46.6 Å². The van der Waals surface area contributed by atoms with E-state index in [2.05, 4.69) is 25.6 Å². The standard InChI is InChI=1S/C22H21N5O3S2/c1-13(28)23-11-14-9-10-18(32-14)17-12-31-22(25-17)27-20(29)8-4-7-19-24-16-6-3-2-5-15(16)21(30)26-19/h2-3,5-6,9-10,12H,4,7-8,11H2,1H3,(H,23,28)(H,24,26,30)(H,25,27,29). The lowest BCUT2D eigenvalue weighted by molar-refractivity contribution is -0.119. The van der Waals surface area contributed by atoms with Crippen molar-refractivity contribution in [2.75, 3.05) is 5.32 Å². The summed E-state index contributed by atoms with van der Waals surface area (Å²) in [4.78, 5) is 49.2. The third-order valence-electron chi connectivity index (χ3n) is 4.66. The van der Waals surface area contributed by atoms with Crippen LogP contribution in [0.2, 0.25) is 0 Å². The number of fused-ring (bicyclic) bond motifs is 1. The van der Waals surface area contributed by atoms with Gasteiger partial charge in [0.25, 0.3) is 5.56 Å². The van der Waals surface area contributed by atoms with Gasteiger partial charge in [-0.1, -0.05) is 12.1 Å². The first-order valence-corrected chi connectivity index (χ1v) is 11.7. The molecule has 0 radical (unpaired) electrons. The second-order valence-electron chi connectivity index (χ2n) is 7.15. The molecule has 8 nitrogen and oxygen atoms in total. The molecule has 3 heterocycles. The summed E-state index contributed by atoms with van der Waals surface area (Å²) in [6, 6.07) is 11.1. The molecule has 0 atom stereocenters. The molecule has 10 heteroatoms. The molecule has 1 aromatic carbocycles. The second kappa shape index (κ2) is 9.84. The summed E-state index contributed by atoms with van der Waals surface area (Å²) < 4.78 is 0. The zero-order valence-electron chi connectivity index (χ0n) is 17.3. The van der Waals surface area contributed by atoms with E-state index in [1.165, 1.54) is 18.3 Å². The lowest BCUT2D eigenvalue weighted by Gasteiger charge is -2.03. The minimum absolute atomic E-state index is 0.0682. The smallest absolute Gasteiger partial charge is 0.258 e. The third-order valence-corrected chi connectivity index (χ3v) is 6.52. The van der Waals surface area contributed by atoms with Crippen LogP contribution in [0.3, 0.4) is 0 Å². The van der Waals surface area contributed by atoms with E-state index in [4.69, 9.17) is 0 Å². The zero-order chi connectivity index (χ0) is 22.5. The van der Waals surface area contributed by atoms with Crippen LogP contribution in [0.25, 0.3) is 21.5 Å². The van der Waals surface area contributed by atoms with Gasteiger partial charge in [-0.3, -0.25) is 14.4 Å². The van der Waals surface area contributed by atoms with Crippen molar-refractivity contribution in [3.8, 4) is 10.6 Å². The number of hydrogen-bond donors (Lipinski definition) is 3. The number of carbonyl (C=O) groups excluding carboxylic acids is 2. The number of thiophene rings is 1. The largest absolute Gasteiger partial charge is 0.351 e. The van der Waals surface area contributed by atoms with Gasteiger partial charge in [-0.05, 0) is 30.7 Å². The summed E-state index contributed by atoms with van der Waals surface area (Å²) in [7, 11) is 0. The van der Waals surface area contributed by atoms with Crippen LogP contribution in [0.1, 0.15) is 30.5 Å². The van der Waals surface area contributed by atoms with Gasteiger partial charge in [0.2, 0.25) is 11.8 Å². The number of amides is 2. The first-order valence-electron chi connectivity index (χ1n) is 10.0. The van der Waals surface area contributed by atoms with Gasteiger partial charge in [-0.15, -0.1) is 22.7 Å². The van der Waals surface area contributed by atoms with Crippen LogP contribution in [-0.4, -0.2) is 26.8 Å². The maximum absolute atomic E-state index is 12.3. The number of thiazole rings is 1. The Hall–Kier alpha value is -3.37. The molecule has 3 aromatic heterocycles. The predicted octanol–water partition coefficient (Wildman–Crippen LogP) is 3.71. The lowest BCUT2D eigenvalue weighted by atomic mass is 10.2. The fourth-order valence-corrected chi connectivity index (χ4v) is 4.83. The number of nitrogens with zero attached hydrogens (tertiary/aromatic N) is 2. The van der Waals surface area contributed by atoms with Crippen LogP contribution in [0, 0.1) is 0 Å². The van der Waals surface area contributed by atoms with E-state index >= 15 is 0 Å². The van der Waals surface area contributed by atoms with Gasteiger partial charge in [0, 0.05) is 30.0 Å². The number of nitrogens with one attached hydrogen (secondary N) is 3. The molecule has 0 saturated carbocycles. The van der Waals surface area contributed by atoms with Crippen LogP contribution in [0.4, 0.5) is 5.13 Å². The SMILES string of the molecule is CC(=O)NCc1ccc(-c2csc(NC(=O)CCCc3nc4ccccc4c(=O)[nH]3)n2)s1. The Morgan fingerprint density at radius 2 is 1.97 bits per heavy atom. The highest BCUT2D eigenvalue weighted by atomic mass is 32.1. The molecule has 0 aliphatic carbocycles. The fourth-order valence-electron chi connectivity index (χ4n) is 3.12. The minimum atomic E-state index is -0.167. The van der Waals surface area contributed by atoms with E-state index in [1.54, 1.807) is 29.5 Å². The van der Waals surface area contributed by atoms with Crippen molar-refractivity contribution in [1.82, 2.24) is 20.3 Å². The number of carbonyl (C=O) groups is 2. The molecule has 0 aliphatic rings. The highest BCUT2D eigenvalue weighted by Crippen LogP contribution is 2.30. The Morgan fingerprint density at radius 3 is 2.81 bits per heavy atom. The fraction of sp³-hybridized carbons (Fsp3) is 0.227. The van der Waals surface area contributed by atoms with Crippen molar-refractivity contribution in [2.24, 2.45) is 0 Å². The Balaban J connectivity index is 1.29. The van der Waals surface area contributed by atoms with E-state index in [0.29, 0.717) is 47.7 Å². The van der Waals surface area contributed by atoms with Gasteiger partial charge in [-0.25, -0.2) is 9.97 Å². The van der Waals surface area contributed by atoms with Crippen molar-refractivity contribution < 1.29 is 9.59 Å². The minimum Gasteiger partial charge on any atom is -0.351 e. The van der Waals surface area contributed by atoms with E-state index in [-0.39, 0.29) is 17.4 Å². The Bertz CT molecular complexity index is 1320. The Labute approximate surface area is 191 Å². The highest BCUT2D eigenvalue weighted by Gasteiger charge is 2.11. The van der Waals surface area contributed by atoms with Crippen molar-refractivity contribution >= 4 is 50.5 Å². The lowest BCUT2D eigenvalue weighted by Crippen LogP contribution is -2.17. The number of hydrogen-bond acceptors (Lipinski definition) is 7. The molecule has 3 N–H and O–H groups in total. The highest BCUT2D eigenvalue weighted by molar-refractivity contribution is 7.17. The van der Waals surface area contributed by atoms with Gasteiger partial charge < -0.3 is 15.6 Å². The normalized spacial score (nSPS) is 10.9. The number of benzene rings is 1. The molecule has 0 aliphatic heterocycles.